The van der Waals surface area contributed by atoms with Crippen molar-refractivity contribution in [2.75, 3.05) is 13.2 Å². The number of hydrogen-bond donors (Lipinski definition) is 1. The third kappa shape index (κ3) is 9.65. The quantitative estimate of drug-likeness (QED) is 0.630. The zero-order chi connectivity index (χ0) is 15.6. The first-order chi connectivity index (χ1) is 10.0. The SMILES string of the molecule is CCCCCCOCc1ccc(CCNC(C)(C)C)cc1. The Morgan fingerprint density at radius 3 is 2.24 bits per heavy atom. The molecule has 0 atom stereocenters. The average Bonchev–Trinajstić information content (AvgIpc) is 2.43. The highest BCUT2D eigenvalue weighted by atomic mass is 16.5. The van der Waals surface area contributed by atoms with Gasteiger partial charge in [-0.3, -0.25) is 0 Å². The maximum absolute atomic E-state index is 5.72. The van der Waals surface area contributed by atoms with Gasteiger partial charge in [-0.05, 0) is 51.3 Å². The van der Waals surface area contributed by atoms with Crippen LogP contribution in [-0.4, -0.2) is 18.7 Å². The van der Waals surface area contributed by atoms with E-state index < -0.39 is 0 Å². The first-order valence-electron chi connectivity index (χ1n) is 8.42. The molecule has 0 saturated heterocycles. The molecule has 120 valence electrons. The highest BCUT2D eigenvalue weighted by Crippen LogP contribution is 2.08. The van der Waals surface area contributed by atoms with Crippen molar-refractivity contribution < 1.29 is 4.74 Å². The van der Waals surface area contributed by atoms with Crippen LogP contribution in [0.2, 0.25) is 0 Å². The fraction of sp³-hybridized carbons (Fsp3) is 0.684. The van der Waals surface area contributed by atoms with E-state index in [2.05, 4.69) is 57.3 Å². The largest absolute Gasteiger partial charge is 0.377 e. The molecule has 0 saturated carbocycles. The third-order valence-corrected chi connectivity index (χ3v) is 3.50. The van der Waals surface area contributed by atoms with Crippen molar-refractivity contribution in [1.82, 2.24) is 5.32 Å². The number of benzene rings is 1. The molecule has 0 aliphatic carbocycles. The van der Waals surface area contributed by atoms with E-state index in [9.17, 15) is 0 Å². The fourth-order valence-electron chi connectivity index (χ4n) is 2.20. The van der Waals surface area contributed by atoms with E-state index in [4.69, 9.17) is 4.74 Å². The van der Waals surface area contributed by atoms with Gasteiger partial charge in [0.15, 0.2) is 0 Å². The normalized spacial score (nSPS) is 11.8. The summed E-state index contributed by atoms with van der Waals surface area (Å²) in [6.07, 6.45) is 6.15. The van der Waals surface area contributed by atoms with Crippen LogP contribution in [0.4, 0.5) is 0 Å². The molecule has 0 unspecified atom stereocenters. The fourth-order valence-corrected chi connectivity index (χ4v) is 2.20. The summed E-state index contributed by atoms with van der Waals surface area (Å²) in [6.45, 7) is 11.5. The molecular formula is C19H33NO. The molecule has 21 heavy (non-hydrogen) atoms. The Morgan fingerprint density at radius 1 is 0.952 bits per heavy atom. The Labute approximate surface area is 131 Å². The summed E-state index contributed by atoms with van der Waals surface area (Å²) in [6, 6.07) is 8.83. The highest BCUT2D eigenvalue weighted by molar-refractivity contribution is 5.22. The lowest BCUT2D eigenvalue weighted by molar-refractivity contribution is 0.117. The van der Waals surface area contributed by atoms with Crippen LogP contribution in [0.3, 0.4) is 0 Å². The van der Waals surface area contributed by atoms with Gasteiger partial charge in [-0.25, -0.2) is 0 Å². The number of unbranched alkanes of at least 4 members (excludes halogenated alkanes) is 3. The average molecular weight is 291 g/mol. The molecule has 0 spiro atoms. The van der Waals surface area contributed by atoms with Crippen molar-refractivity contribution in [3.8, 4) is 0 Å². The topological polar surface area (TPSA) is 21.3 Å². The number of hydrogen-bond acceptors (Lipinski definition) is 2. The molecule has 0 aliphatic heterocycles. The van der Waals surface area contributed by atoms with Crippen molar-refractivity contribution >= 4 is 0 Å². The van der Waals surface area contributed by atoms with E-state index in [1.165, 1.54) is 36.8 Å². The van der Waals surface area contributed by atoms with E-state index in [-0.39, 0.29) is 5.54 Å². The lowest BCUT2D eigenvalue weighted by Gasteiger charge is -2.20. The molecule has 1 aromatic rings. The van der Waals surface area contributed by atoms with Crippen molar-refractivity contribution in [1.29, 1.82) is 0 Å². The predicted molar refractivity (Wildman–Crippen MR) is 91.7 cm³/mol. The molecule has 2 nitrogen and oxygen atoms in total. The molecule has 0 radical (unpaired) electrons. The van der Waals surface area contributed by atoms with Gasteiger partial charge < -0.3 is 10.1 Å². The first kappa shape index (κ1) is 18.2. The number of nitrogens with one attached hydrogen (secondary N) is 1. The summed E-state index contributed by atoms with van der Waals surface area (Å²) in [5.74, 6) is 0. The molecule has 0 amide bonds. The van der Waals surface area contributed by atoms with Gasteiger partial charge in [-0.1, -0.05) is 50.5 Å². The summed E-state index contributed by atoms with van der Waals surface area (Å²) < 4.78 is 5.72. The van der Waals surface area contributed by atoms with Crippen LogP contribution in [0.5, 0.6) is 0 Å². The molecular weight excluding hydrogens is 258 g/mol. The minimum atomic E-state index is 0.200. The maximum atomic E-state index is 5.72. The van der Waals surface area contributed by atoms with Crippen molar-refractivity contribution in [3.05, 3.63) is 35.4 Å². The lowest BCUT2D eigenvalue weighted by Crippen LogP contribution is -2.37. The maximum Gasteiger partial charge on any atom is 0.0716 e. The Morgan fingerprint density at radius 2 is 1.62 bits per heavy atom. The second-order valence-electron chi connectivity index (χ2n) is 6.86. The van der Waals surface area contributed by atoms with Gasteiger partial charge in [0, 0.05) is 12.1 Å². The molecule has 2 heteroatoms. The van der Waals surface area contributed by atoms with Crippen molar-refractivity contribution in [3.63, 3.8) is 0 Å². The zero-order valence-corrected chi connectivity index (χ0v) is 14.4. The lowest BCUT2D eigenvalue weighted by atomic mass is 10.1. The molecule has 0 aromatic heterocycles. The van der Waals surface area contributed by atoms with Crippen LogP contribution >= 0.6 is 0 Å². The van der Waals surface area contributed by atoms with Crippen molar-refractivity contribution in [2.24, 2.45) is 0 Å². The van der Waals surface area contributed by atoms with Crippen LogP contribution < -0.4 is 5.32 Å². The summed E-state index contributed by atoms with van der Waals surface area (Å²) in [4.78, 5) is 0. The molecule has 0 fully saturated rings. The van der Waals surface area contributed by atoms with E-state index >= 15 is 0 Å². The standard InChI is InChI=1S/C19H33NO/c1-5-6-7-8-15-21-16-18-11-9-17(10-12-18)13-14-20-19(2,3)4/h9-12,20H,5-8,13-16H2,1-4H3. The van der Waals surface area contributed by atoms with Crippen LogP contribution in [0.15, 0.2) is 24.3 Å². The summed E-state index contributed by atoms with van der Waals surface area (Å²) in [7, 11) is 0. The molecule has 0 aliphatic rings. The second-order valence-corrected chi connectivity index (χ2v) is 6.86. The predicted octanol–water partition coefficient (Wildman–Crippen LogP) is 4.71. The van der Waals surface area contributed by atoms with Crippen molar-refractivity contribution in [2.45, 2.75) is 71.9 Å². The molecule has 0 bridgehead atoms. The molecule has 0 heterocycles. The summed E-state index contributed by atoms with van der Waals surface area (Å²) in [5, 5.41) is 3.52. The van der Waals surface area contributed by atoms with Gasteiger partial charge in [0.2, 0.25) is 0 Å². The number of ether oxygens (including phenoxy) is 1. The van der Waals surface area contributed by atoms with Gasteiger partial charge in [0.05, 0.1) is 6.61 Å². The van der Waals surface area contributed by atoms with Gasteiger partial charge in [0.1, 0.15) is 0 Å². The van der Waals surface area contributed by atoms with Gasteiger partial charge >= 0.3 is 0 Å². The van der Waals surface area contributed by atoms with E-state index in [1.807, 2.05) is 0 Å². The Balaban J connectivity index is 2.18. The van der Waals surface area contributed by atoms with E-state index in [0.717, 1.165) is 26.2 Å². The smallest absolute Gasteiger partial charge is 0.0716 e. The zero-order valence-electron chi connectivity index (χ0n) is 14.4. The number of rotatable bonds is 10. The molecule has 1 rings (SSSR count). The monoisotopic (exact) mass is 291 g/mol. The Bertz CT molecular complexity index is 364. The second kappa shape index (κ2) is 9.97. The summed E-state index contributed by atoms with van der Waals surface area (Å²) in [5.41, 5.74) is 2.86. The van der Waals surface area contributed by atoms with Gasteiger partial charge in [-0.2, -0.15) is 0 Å². The Kier molecular flexibility index (Phi) is 8.63. The highest BCUT2D eigenvalue weighted by Gasteiger charge is 2.07. The summed E-state index contributed by atoms with van der Waals surface area (Å²) >= 11 is 0. The molecule has 1 N–H and O–H groups in total. The minimum absolute atomic E-state index is 0.200. The first-order valence-corrected chi connectivity index (χ1v) is 8.42. The van der Waals surface area contributed by atoms with Gasteiger partial charge in [-0.15, -0.1) is 0 Å². The van der Waals surface area contributed by atoms with E-state index in [0.29, 0.717) is 0 Å². The van der Waals surface area contributed by atoms with Crippen LogP contribution in [-0.2, 0) is 17.8 Å². The van der Waals surface area contributed by atoms with Crippen LogP contribution in [0.1, 0.15) is 64.5 Å². The van der Waals surface area contributed by atoms with Crippen LogP contribution in [0, 0.1) is 0 Å². The van der Waals surface area contributed by atoms with Crippen LogP contribution in [0.25, 0.3) is 0 Å². The van der Waals surface area contributed by atoms with Gasteiger partial charge in [0.25, 0.3) is 0 Å². The minimum Gasteiger partial charge on any atom is -0.377 e. The Hall–Kier alpha value is -0.860. The molecule has 1 aromatic carbocycles. The third-order valence-electron chi connectivity index (χ3n) is 3.50. The van der Waals surface area contributed by atoms with E-state index in [1.54, 1.807) is 0 Å².